The molecule has 0 radical (unpaired) electrons. The lowest BCUT2D eigenvalue weighted by Gasteiger charge is -2.06. The van der Waals surface area contributed by atoms with Crippen LogP contribution in [0.25, 0.3) is 17.3 Å². The number of aromatic nitrogens is 2. The smallest absolute Gasteiger partial charge is 0.251 e. The number of hydrogen-bond acceptors (Lipinski definition) is 3. The number of nitrogens with zero attached hydrogens (tertiary/aromatic N) is 1. The fourth-order valence-corrected chi connectivity index (χ4v) is 2.84. The van der Waals surface area contributed by atoms with Crippen LogP contribution in [0.2, 0.25) is 0 Å². The van der Waals surface area contributed by atoms with Gasteiger partial charge in [-0.05, 0) is 49.6 Å². The summed E-state index contributed by atoms with van der Waals surface area (Å²) in [6.07, 6.45) is 5.81. The van der Waals surface area contributed by atoms with E-state index in [0.29, 0.717) is 35.4 Å². The molecule has 26 heavy (non-hydrogen) atoms. The van der Waals surface area contributed by atoms with Crippen molar-refractivity contribution in [3.05, 3.63) is 59.3 Å². The number of aryl methyl sites for hydroxylation is 1. The van der Waals surface area contributed by atoms with Crippen molar-refractivity contribution < 1.29 is 13.6 Å². The fraction of sp³-hybridized carbons (Fsp3) is 0.263. The van der Waals surface area contributed by atoms with Gasteiger partial charge >= 0.3 is 0 Å². The first kappa shape index (κ1) is 19.9. The molecule has 0 aliphatic carbocycles. The Morgan fingerprint density at radius 2 is 2.23 bits per heavy atom. The first-order chi connectivity index (χ1) is 12.6. The molecule has 138 valence electrons. The number of benzene rings is 1. The molecule has 1 aromatic carbocycles. The quantitative estimate of drug-likeness (QED) is 0.411. The van der Waals surface area contributed by atoms with Crippen molar-refractivity contribution in [2.45, 2.75) is 13.3 Å². The molecule has 0 unspecified atom stereocenters. The molecule has 0 bridgehead atoms. The van der Waals surface area contributed by atoms with E-state index in [-0.39, 0.29) is 17.3 Å². The van der Waals surface area contributed by atoms with Crippen molar-refractivity contribution in [3.8, 4) is 11.3 Å². The molecule has 2 N–H and O–H groups in total. The Bertz CT molecular complexity index is 815. The van der Waals surface area contributed by atoms with Gasteiger partial charge in [0, 0.05) is 28.9 Å². The van der Waals surface area contributed by atoms with Gasteiger partial charge in [0.05, 0.1) is 12.0 Å². The van der Waals surface area contributed by atoms with Gasteiger partial charge in [-0.15, -0.1) is 0 Å². The zero-order valence-corrected chi connectivity index (χ0v) is 15.5. The summed E-state index contributed by atoms with van der Waals surface area (Å²) in [5.41, 5.74) is 2.55. The molecule has 7 heteroatoms. The lowest BCUT2D eigenvalue weighted by atomic mass is 10.0. The Labute approximate surface area is 155 Å². The monoisotopic (exact) mass is 377 g/mol. The average molecular weight is 377 g/mol. The number of H-pyrrole nitrogens is 1. The lowest BCUT2D eigenvalue weighted by Crippen LogP contribution is -2.25. The Hall–Kier alpha value is -2.41. The molecule has 0 aliphatic heterocycles. The molecular formula is C19H21F2N3OS. The normalized spacial score (nSPS) is 11.9. The van der Waals surface area contributed by atoms with Gasteiger partial charge in [-0.25, -0.2) is 8.78 Å². The second-order valence-corrected chi connectivity index (χ2v) is 6.60. The van der Waals surface area contributed by atoms with Crippen molar-refractivity contribution in [1.82, 2.24) is 15.5 Å². The third kappa shape index (κ3) is 5.29. The predicted molar refractivity (Wildman–Crippen MR) is 103 cm³/mol. The number of thioether (sulfide) groups is 1. The number of aromatic amines is 1. The summed E-state index contributed by atoms with van der Waals surface area (Å²) in [4.78, 5) is 12.3. The van der Waals surface area contributed by atoms with Crippen molar-refractivity contribution in [2.75, 3.05) is 18.6 Å². The van der Waals surface area contributed by atoms with Gasteiger partial charge in [-0.1, -0.05) is 12.1 Å². The summed E-state index contributed by atoms with van der Waals surface area (Å²) >= 11 is 1.70. The van der Waals surface area contributed by atoms with Gasteiger partial charge in [-0.3, -0.25) is 9.89 Å². The summed E-state index contributed by atoms with van der Waals surface area (Å²) in [6, 6.07) is 6.02. The predicted octanol–water partition coefficient (Wildman–Crippen LogP) is 4.26. The fourth-order valence-electron chi connectivity index (χ4n) is 2.40. The molecular weight excluding hydrogens is 356 g/mol. The third-order valence-corrected chi connectivity index (χ3v) is 4.40. The second kappa shape index (κ2) is 9.91. The summed E-state index contributed by atoms with van der Waals surface area (Å²) in [5.74, 6) is 0.183. The molecule has 1 heterocycles. The number of rotatable bonds is 8. The molecule has 0 fully saturated rings. The highest BCUT2D eigenvalue weighted by Gasteiger charge is 2.14. The Kier molecular flexibility index (Phi) is 7.59. The van der Waals surface area contributed by atoms with Gasteiger partial charge in [0.2, 0.25) is 0 Å². The molecule has 0 atom stereocenters. The summed E-state index contributed by atoms with van der Waals surface area (Å²) in [7, 11) is 0. The molecule has 0 saturated heterocycles. The SMILES string of the molecule is CSCCCNC(=O)C(/C=C/F)=C/c1c(-c2cccc(F)c2)n[nH]c1C. The van der Waals surface area contributed by atoms with E-state index in [2.05, 4.69) is 15.5 Å². The number of halogens is 2. The highest BCUT2D eigenvalue weighted by Crippen LogP contribution is 2.26. The minimum absolute atomic E-state index is 0.166. The summed E-state index contributed by atoms with van der Waals surface area (Å²) in [6.45, 7) is 2.30. The Morgan fingerprint density at radius 1 is 1.42 bits per heavy atom. The summed E-state index contributed by atoms with van der Waals surface area (Å²) in [5, 5.41) is 9.80. The maximum absolute atomic E-state index is 13.5. The number of carbonyl (C=O) groups excluding carboxylic acids is 1. The van der Waals surface area contributed by atoms with Crippen molar-refractivity contribution in [1.29, 1.82) is 0 Å². The minimum atomic E-state index is -0.381. The van der Waals surface area contributed by atoms with Crippen LogP contribution in [0.4, 0.5) is 8.78 Å². The minimum Gasteiger partial charge on any atom is -0.352 e. The van der Waals surface area contributed by atoms with E-state index in [0.717, 1.165) is 18.2 Å². The molecule has 0 spiro atoms. The Morgan fingerprint density at radius 3 is 2.92 bits per heavy atom. The largest absolute Gasteiger partial charge is 0.352 e. The van der Waals surface area contributed by atoms with Gasteiger partial charge in [-0.2, -0.15) is 16.9 Å². The summed E-state index contributed by atoms with van der Waals surface area (Å²) < 4.78 is 26.3. The van der Waals surface area contributed by atoms with Crippen LogP contribution in [-0.2, 0) is 4.79 Å². The van der Waals surface area contributed by atoms with Crippen LogP contribution in [-0.4, -0.2) is 34.7 Å². The number of amides is 1. The molecule has 2 aromatic rings. The van der Waals surface area contributed by atoms with E-state index in [4.69, 9.17) is 0 Å². The van der Waals surface area contributed by atoms with Gasteiger partial charge in [0.1, 0.15) is 5.82 Å². The molecule has 0 aliphatic rings. The number of hydrogen-bond donors (Lipinski definition) is 2. The van der Waals surface area contributed by atoms with E-state index in [9.17, 15) is 13.6 Å². The maximum Gasteiger partial charge on any atom is 0.251 e. The van der Waals surface area contributed by atoms with Gasteiger partial charge in [0.15, 0.2) is 0 Å². The van der Waals surface area contributed by atoms with Crippen LogP contribution in [0.15, 0.2) is 42.2 Å². The first-order valence-corrected chi connectivity index (χ1v) is 9.52. The molecule has 2 rings (SSSR count). The van der Waals surface area contributed by atoms with Crippen molar-refractivity contribution >= 4 is 23.7 Å². The van der Waals surface area contributed by atoms with E-state index in [1.807, 2.05) is 6.26 Å². The standard InChI is InChI=1S/C19H21F2N3OS/c1-13-17(18(24-23-13)14-5-3-6-16(21)11-14)12-15(7-8-20)19(25)22-9-4-10-26-2/h3,5-8,11-12H,4,9-10H2,1-2H3,(H,22,25)(H,23,24)/b8-7+,15-12+. The van der Waals surface area contributed by atoms with Crippen LogP contribution in [0.3, 0.4) is 0 Å². The van der Waals surface area contributed by atoms with E-state index < -0.39 is 0 Å². The molecule has 4 nitrogen and oxygen atoms in total. The van der Waals surface area contributed by atoms with Crippen molar-refractivity contribution in [2.24, 2.45) is 0 Å². The zero-order valence-electron chi connectivity index (χ0n) is 14.7. The zero-order chi connectivity index (χ0) is 18.9. The topological polar surface area (TPSA) is 57.8 Å². The van der Waals surface area contributed by atoms with Crippen LogP contribution >= 0.6 is 11.8 Å². The Balaban J connectivity index is 2.32. The number of nitrogens with one attached hydrogen (secondary N) is 2. The highest BCUT2D eigenvalue weighted by atomic mass is 32.2. The van der Waals surface area contributed by atoms with Gasteiger partial charge in [0.25, 0.3) is 5.91 Å². The lowest BCUT2D eigenvalue weighted by molar-refractivity contribution is -0.117. The van der Waals surface area contributed by atoms with Crippen LogP contribution in [0.5, 0.6) is 0 Å². The number of carbonyl (C=O) groups is 1. The first-order valence-electron chi connectivity index (χ1n) is 8.13. The van der Waals surface area contributed by atoms with E-state index >= 15 is 0 Å². The van der Waals surface area contributed by atoms with Crippen LogP contribution < -0.4 is 5.32 Å². The van der Waals surface area contributed by atoms with Crippen molar-refractivity contribution in [3.63, 3.8) is 0 Å². The van der Waals surface area contributed by atoms with E-state index in [1.165, 1.54) is 12.1 Å². The van der Waals surface area contributed by atoms with Crippen LogP contribution in [0, 0.1) is 12.7 Å². The maximum atomic E-state index is 13.5. The highest BCUT2D eigenvalue weighted by molar-refractivity contribution is 7.98. The second-order valence-electron chi connectivity index (χ2n) is 5.62. The average Bonchev–Trinajstić information content (AvgIpc) is 2.99. The third-order valence-electron chi connectivity index (χ3n) is 3.71. The molecule has 1 aromatic heterocycles. The van der Waals surface area contributed by atoms with Gasteiger partial charge < -0.3 is 5.32 Å². The van der Waals surface area contributed by atoms with Crippen LogP contribution in [0.1, 0.15) is 17.7 Å². The van der Waals surface area contributed by atoms with E-state index in [1.54, 1.807) is 36.9 Å². The molecule has 0 saturated carbocycles. The molecule has 1 amide bonds.